The summed E-state index contributed by atoms with van der Waals surface area (Å²) in [5.41, 5.74) is 1.94. The first-order valence-electron chi connectivity index (χ1n) is 7.33. The number of fused-ring (bicyclic) bond motifs is 1. The van der Waals surface area contributed by atoms with Gasteiger partial charge in [-0.2, -0.15) is 11.8 Å². The molecule has 4 heterocycles. The molecule has 21 heavy (non-hydrogen) atoms. The van der Waals surface area contributed by atoms with Gasteiger partial charge in [0.1, 0.15) is 17.1 Å². The average molecular weight is 299 g/mol. The smallest absolute Gasteiger partial charge is 0.160 e. The van der Waals surface area contributed by atoms with Gasteiger partial charge in [0.25, 0.3) is 0 Å². The Balaban J connectivity index is 1.80. The van der Waals surface area contributed by atoms with Crippen molar-refractivity contribution in [3.05, 3.63) is 48.3 Å². The molecule has 0 aromatic carbocycles. The molecule has 0 radical (unpaired) electrons. The maximum atomic E-state index is 5.52. The lowest BCUT2D eigenvalue weighted by Gasteiger charge is -2.21. The second-order valence-electron chi connectivity index (χ2n) is 5.40. The van der Waals surface area contributed by atoms with Gasteiger partial charge >= 0.3 is 0 Å². The molecular formula is C16H17N3OS. The van der Waals surface area contributed by atoms with Gasteiger partial charge in [-0.25, -0.2) is 9.97 Å². The summed E-state index contributed by atoms with van der Waals surface area (Å²) in [7, 11) is 0. The van der Waals surface area contributed by atoms with Crippen LogP contribution in [0.15, 0.2) is 41.1 Å². The van der Waals surface area contributed by atoms with Gasteiger partial charge in [0.05, 0.1) is 12.8 Å². The van der Waals surface area contributed by atoms with Crippen molar-refractivity contribution in [2.75, 3.05) is 11.5 Å². The van der Waals surface area contributed by atoms with Crippen molar-refractivity contribution < 1.29 is 4.42 Å². The van der Waals surface area contributed by atoms with Gasteiger partial charge in [0.15, 0.2) is 5.65 Å². The van der Waals surface area contributed by atoms with Crippen LogP contribution >= 0.6 is 11.8 Å². The largest absolute Gasteiger partial charge is 0.467 e. The summed E-state index contributed by atoms with van der Waals surface area (Å²) >= 11 is 2.03. The van der Waals surface area contributed by atoms with E-state index in [1.54, 1.807) is 6.26 Å². The number of hydrogen-bond donors (Lipinski definition) is 0. The van der Waals surface area contributed by atoms with Crippen LogP contribution < -0.4 is 0 Å². The Morgan fingerprint density at radius 1 is 1.33 bits per heavy atom. The lowest BCUT2D eigenvalue weighted by Crippen LogP contribution is -2.15. The first-order chi connectivity index (χ1) is 10.4. The zero-order valence-corrected chi connectivity index (χ0v) is 12.6. The highest BCUT2D eigenvalue weighted by Crippen LogP contribution is 2.32. The van der Waals surface area contributed by atoms with E-state index in [9.17, 15) is 0 Å². The molecule has 0 amide bonds. The molecular weight excluding hydrogens is 282 g/mol. The minimum absolute atomic E-state index is 0.521. The third-order valence-electron chi connectivity index (χ3n) is 3.95. The summed E-state index contributed by atoms with van der Waals surface area (Å²) in [6, 6.07) is 7.93. The molecule has 1 fully saturated rings. The van der Waals surface area contributed by atoms with Crippen LogP contribution in [0, 0.1) is 0 Å². The van der Waals surface area contributed by atoms with Crippen molar-refractivity contribution in [3.8, 4) is 0 Å². The Morgan fingerprint density at radius 2 is 2.33 bits per heavy atom. The zero-order valence-electron chi connectivity index (χ0n) is 11.7. The third-order valence-corrected chi connectivity index (χ3v) is 5.17. The molecule has 1 aliphatic rings. The van der Waals surface area contributed by atoms with Crippen LogP contribution in [0.3, 0.4) is 0 Å². The number of imidazole rings is 1. The summed E-state index contributed by atoms with van der Waals surface area (Å²) in [6.07, 6.45) is 6.04. The van der Waals surface area contributed by atoms with Crippen LogP contribution in [0.25, 0.3) is 11.2 Å². The van der Waals surface area contributed by atoms with Crippen LogP contribution in [-0.2, 0) is 6.54 Å². The topological polar surface area (TPSA) is 43.9 Å². The number of pyridine rings is 1. The number of hydrogen-bond acceptors (Lipinski definition) is 4. The zero-order chi connectivity index (χ0) is 14.1. The molecule has 0 saturated carbocycles. The maximum absolute atomic E-state index is 5.52. The van der Waals surface area contributed by atoms with E-state index >= 15 is 0 Å². The van der Waals surface area contributed by atoms with E-state index in [0.717, 1.165) is 28.5 Å². The minimum Gasteiger partial charge on any atom is -0.467 e. The van der Waals surface area contributed by atoms with E-state index in [-0.39, 0.29) is 0 Å². The van der Waals surface area contributed by atoms with Gasteiger partial charge in [-0.05, 0) is 42.9 Å². The summed E-state index contributed by atoms with van der Waals surface area (Å²) in [5, 5.41) is 0. The van der Waals surface area contributed by atoms with Crippen molar-refractivity contribution in [2.45, 2.75) is 25.3 Å². The standard InChI is InChI=1S/C16H17N3OS/c1-6-14-16(17-7-1)19(10-13-5-2-8-20-13)15(18-14)12-4-3-9-21-11-12/h1-2,5-8,12H,3-4,9-11H2. The highest BCUT2D eigenvalue weighted by molar-refractivity contribution is 7.99. The summed E-state index contributed by atoms with van der Waals surface area (Å²) in [6.45, 7) is 0.705. The highest BCUT2D eigenvalue weighted by atomic mass is 32.2. The van der Waals surface area contributed by atoms with Crippen LogP contribution in [0.4, 0.5) is 0 Å². The van der Waals surface area contributed by atoms with Crippen molar-refractivity contribution >= 4 is 22.9 Å². The van der Waals surface area contributed by atoms with E-state index in [1.807, 2.05) is 42.2 Å². The van der Waals surface area contributed by atoms with E-state index < -0.39 is 0 Å². The fourth-order valence-corrected chi connectivity index (χ4v) is 4.08. The molecule has 1 atom stereocenters. The Morgan fingerprint density at radius 3 is 3.14 bits per heavy atom. The predicted molar refractivity (Wildman–Crippen MR) is 84.6 cm³/mol. The van der Waals surface area contributed by atoms with Gasteiger partial charge in [-0.1, -0.05) is 0 Å². The Kier molecular flexibility index (Phi) is 3.43. The summed E-state index contributed by atoms with van der Waals surface area (Å²) < 4.78 is 7.74. The second kappa shape index (κ2) is 5.56. The van der Waals surface area contributed by atoms with E-state index in [1.165, 1.54) is 18.6 Å². The first kappa shape index (κ1) is 13.0. The van der Waals surface area contributed by atoms with Crippen molar-refractivity contribution in [1.82, 2.24) is 14.5 Å². The predicted octanol–water partition coefficient (Wildman–Crippen LogP) is 3.68. The molecule has 108 valence electrons. The fraction of sp³-hybridized carbons (Fsp3) is 0.375. The highest BCUT2D eigenvalue weighted by Gasteiger charge is 2.23. The van der Waals surface area contributed by atoms with Crippen molar-refractivity contribution in [1.29, 1.82) is 0 Å². The molecule has 0 bridgehead atoms. The maximum Gasteiger partial charge on any atom is 0.160 e. The normalized spacial score (nSPS) is 19.1. The van der Waals surface area contributed by atoms with Crippen LogP contribution in [0.5, 0.6) is 0 Å². The van der Waals surface area contributed by atoms with Crippen LogP contribution in [0.1, 0.15) is 30.3 Å². The molecule has 4 rings (SSSR count). The molecule has 3 aromatic rings. The number of thioether (sulfide) groups is 1. The number of nitrogens with zero attached hydrogens (tertiary/aromatic N) is 3. The molecule has 0 N–H and O–H groups in total. The van der Waals surface area contributed by atoms with Crippen molar-refractivity contribution in [3.63, 3.8) is 0 Å². The lowest BCUT2D eigenvalue weighted by atomic mass is 10.0. The minimum atomic E-state index is 0.521. The summed E-state index contributed by atoms with van der Waals surface area (Å²) in [4.78, 5) is 9.39. The number of aromatic nitrogens is 3. The SMILES string of the molecule is c1coc(Cn2c(C3CCCSC3)nc3cccnc32)c1. The molecule has 5 heteroatoms. The third kappa shape index (κ3) is 2.46. The van der Waals surface area contributed by atoms with E-state index in [2.05, 4.69) is 9.55 Å². The van der Waals surface area contributed by atoms with Gasteiger partial charge < -0.3 is 8.98 Å². The van der Waals surface area contributed by atoms with Crippen LogP contribution in [0.2, 0.25) is 0 Å². The Labute approximate surface area is 127 Å². The lowest BCUT2D eigenvalue weighted by molar-refractivity contribution is 0.483. The average Bonchev–Trinajstić information content (AvgIpc) is 3.17. The molecule has 4 nitrogen and oxygen atoms in total. The molecule has 0 aliphatic carbocycles. The number of furan rings is 1. The van der Waals surface area contributed by atoms with E-state index in [0.29, 0.717) is 12.5 Å². The second-order valence-corrected chi connectivity index (χ2v) is 6.55. The number of rotatable bonds is 3. The van der Waals surface area contributed by atoms with Gasteiger partial charge in [0, 0.05) is 17.9 Å². The monoisotopic (exact) mass is 299 g/mol. The first-order valence-corrected chi connectivity index (χ1v) is 8.48. The molecule has 3 aromatic heterocycles. The molecule has 0 spiro atoms. The summed E-state index contributed by atoms with van der Waals surface area (Å²) in [5.74, 6) is 5.05. The Hall–Kier alpha value is -1.75. The van der Waals surface area contributed by atoms with Crippen molar-refractivity contribution in [2.24, 2.45) is 0 Å². The van der Waals surface area contributed by atoms with Gasteiger partial charge in [0.2, 0.25) is 0 Å². The molecule has 1 aliphatic heterocycles. The molecule has 1 saturated heterocycles. The fourth-order valence-electron chi connectivity index (χ4n) is 2.95. The van der Waals surface area contributed by atoms with Gasteiger partial charge in [-0.15, -0.1) is 0 Å². The Bertz CT molecular complexity index is 729. The molecule has 1 unspecified atom stereocenters. The van der Waals surface area contributed by atoms with Crippen LogP contribution in [-0.4, -0.2) is 26.0 Å². The quantitative estimate of drug-likeness (QED) is 0.740. The van der Waals surface area contributed by atoms with E-state index in [4.69, 9.17) is 9.40 Å². The van der Waals surface area contributed by atoms with Gasteiger partial charge in [-0.3, -0.25) is 0 Å².